The van der Waals surface area contributed by atoms with Gasteiger partial charge in [0.05, 0.1) is 0 Å². The molecule has 2 unspecified atom stereocenters. The smallest absolute Gasteiger partial charge is 0.0220 e. The second-order valence-corrected chi connectivity index (χ2v) is 6.56. The van der Waals surface area contributed by atoms with Gasteiger partial charge < -0.3 is 15.5 Å². The first-order valence-electron chi connectivity index (χ1n) is 7.61. The monoisotopic (exact) mass is 255 g/mol. The van der Waals surface area contributed by atoms with Gasteiger partial charge in [0, 0.05) is 12.6 Å². The third-order valence-electron chi connectivity index (χ3n) is 4.25. The summed E-state index contributed by atoms with van der Waals surface area (Å²) in [5.41, 5.74) is 5.88. The van der Waals surface area contributed by atoms with E-state index in [0.29, 0.717) is 5.92 Å². The van der Waals surface area contributed by atoms with Gasteiger partial charge in [0.25, 0.3) is 0 Å². The normalized spacial score (nSPS) is 23.8. The van der Waals surface area contributed by atoms with E-state index < -0.39 is 0 Å². The second-order valence-electron chi connectivity index (χ2n) is 6.56. The molecule has 1 aliphatic rings. The van der Waals surface area contributed by atoms with Gasteiger partial charge in [0.15, 0.2) is 0 Å². The Morgan fingerprint density at radius 2 is 2.11 bits per heavy atom. The summed E-state index contributed by atoms with van der Waals surface area (Å²) in [6.07, 6.45) is 5.23. The number of hydrogen-bond acceptors (Lipinski definition) is 3. The van der Waals surface area contributed by atoms with Crippen molar-refractivity contribution in [2.45, 2.75) is 45.6 Å². The lowest BCUT2D eigenvalue weighted by atomic mass is 9.93. The first kappa shape index (κ1) is 15.9. The van der Waals surface area contributed by atoms with Gasteiger partial charge in [0.2, 0.25) is 0 Å². The highest BCUT2D eigenvalue weighted by Crippen LogP contribution is 2.17. The number of nitrogens with zero attached hydrogens (tertiary/aromatic N) is 2. The van der Waals surface area contributed by atoms with E-state index in [-0.39, 0.29) is 0 Å². The Balaban J connectivity index is 2.28. The molecule has 18 heavy (non-hydrogen) atoms. The zero-order valence-corrected chi connectivity index (χ0v) is 12.9. The summed E-state index contributed by atoms with van der Waals surface area (Å²) in [7, 11) is 4.52. The molecule has 0 bridgehead atoms. The van der Waals surface area contributed by atoms with Gasteiger partial charge in [-0.3, -0.25) is 0 Å². The second kappa shape index (κ2) is 8.13. The highest BCUT2D eigenvalue weighted by Gasteiger charge is 2.21. The van der Waals surface area contributed by atoms with Crippen LogP contribution in [0.5, 0.6) is 0 Å². The zero-order valence-electron chi connectivity index (χ0n) is 12.9. The maximum Gasteiger partial charge on any atom is 0.0220 e. The lowest BCUT2D eigenvalue weighted by Crippen LogP contribution is -2.45. The van der Waals surface area contributed by atoms with Crippen LogP contribution in [-0.4, -0.2) is 56.1 Å². The largest absolute Gasteiger partial charge is 0.330 e. The maximum absolute atomic E-state index is 5.88. The highest BCUT2D eigenvalue weighted by molar-refractivity contribution is 4.78. The predicted octanol–water partition coefficient (Wildman–Crippen LogP) is 2.02. The molecule has 0 amide bonds. The summed E-state index contributed by atoms with van der Waals surface area (Å²) in [6, 6.07) is 0.751. The molecule has 0 aromatic rings. The summed E-state index contributed by atoms with van der Waals surface area (Å²) in [5, 5.41) is 0. The summed E-state index contributed by atoms with van der Waals surface area (Å²) in [4.78, 5) is 5.01. The molecule has 0 aromatic heterocycles. The van der Waals surface area contributed by atoms with Crippen LogP contribution in [-0.2, 0) is 0 Å². The van der Waals surface area contributed by atoms with Crippen molar-refractivity contribution in [3.05, 3.63) is 0 Å². The predicted molar refractivity (Wildman–Crippen MR) is 79.8 cm³/mol. The Bertz CT molecular complexity index is 218. The first-order chi connectivity index (χ1) is 8.52. The quantitative estimate of drug-likeness (QED) is 0.755. The van der Waals surface area contributed by atoms with E-state index in [2.05, 4.69) is 37.7 Å². The van der Waals surface area contributed by atoms with Gasteiger partial charge in [-0.15, -0.1) is 0 Å². The summed E-state index contributed by atoms with van der Waals surface area (Å²) >= 11 is 0. The van der Waals surface area contributed by atoms with E-state index in [9.17, 15) is 0 Å². The SMILES string of the molecule is CC(C)CC(CN)CCN(C)C1CCCN(C)C1. The van der Waals surface area contributed by atoms with Crippen LogP contribution in [0.25, 0.3) is 0 Å². The van der Waals surface area contributed by atoms with Gasteiger partial charge in [-0.1, -0.05) is 13.8 Å². The number of rotatable bonds is 7. The molecule has 108 valence electrons. The topological polar surface area (TPSA) is 32.5 Å². The molecular formula is C15H33N3. The van der Waals surface area contributed by atoms with Crippen molar-refractivity contribution >= 4 is 0 Å². The van der Waals surface area contributed by atoms with Crippen molar-refractivity contribution in [2.24, 2.45) is 17.6 Å². The standard InChI is InChI=1S/C15H33N3/c1-13(2)10-14(11-16)7-9-18(4)15-6-5-8-17(3)12-15/h13-15H,5-12,16H2,1-4H3. The Labute approximate surface area is 114 Å². The molecule has 0 saturated carbocycles. The molecule has 1 rings (SSSR count). The number of likely N-dealkylation sites (tertiary alicyclic amines) is 1. The molecular weight excluding hydrogens is 222 g/mol. The average Bonchev–Trinajstić information content (AvgIpc) is 2.33. The third-order valence-corrected chi connectivity index (χ3v) is 4.25. The van der Waals surface area contributed by atoms with Crippen LogP contribution in [0.4, 0.5) is 0 Å². The minimum absolute atomic E-state index is 0.703. The Morgan fingerprint density at radius 3 is 2.67 bits per heavy atom. The van der Waals surface area contributed by atoms with E-state index in [0.717, 1.165) is 18.5 Å². The van der Waals surface area contributed by atoms with Crippen LogP contribution in [0, 0.1) is 11.8 Å². The molecule has 2 atom stereocenters. The van der Waals surface area contributed by atoms with Crippen LogP contribution in [0.3, 0.4) is 0 Å². The van der Waals surface area contributed by atoms with Crippen LogP contribution in [0.15, 0.2) is 0 Å². The lowest BCUT2D eigenvalue weighted by molar-refractivity contribution is 0.128. The van der Waals surface area contributed by atoms with Crippen LogP contribution in [0.2, 0.25) is 0 Å². The van der Waals surface area contributed by atoms with Crippen molar-refractivity contribution in [3.8, 4) is 0 Å². The zero-order chi connectivity index (χ0) is 13.5. The minimum atomic E-state index is 0.703. The molecule has 1 fully saturated rings. The van der Waals surface area contributed by atoms with Gasteiger partial charge in [-0.2, -0.15) is 0 Å². The maximum atomic E-state index is 5.88. The van der Waals surface area contributed by atoms with Crippen molar-refractivity contribution < 1.29 is 0 Å². The van der Waals surface area contributed by atoms with Gasteiger partial charge >= 0.3 is 0 Å². The Morgan fingerprint density at radius 1 is 1.39 bits per heavy atom. The van der Waals surface area contributed by atoms with Crippen LogP contribution in [0.1, 0.15) is 39.5 Å². The molecule has 0 aliphatic carbocycles. The first-order valence-corrected chi connectivity index (χ1v) is 7.61. The number of piperidine rings is 1. The van der Waals surface area contributed by atoms with Crippen LogP contribution < -0.4 is 5.73 Å². The molecule has 3 heteroatoms. The van der Waals surface area contributed by atoms with E-state index >= 15 is 0 Å². The number of hydrogen-bond donors (Lipinski definition) is 1. The molecule has 1 saturated heterocycles. The van der Waals surface area contributed by atoms with E-state index in [1.165, 1.54) is 45.3 Å². The summed E-state index contributed by atoms with van der Waals surface area (Å²) < 4.78 is 0. The van der Waals surface area contributed by atoms with E-state index in [1.807, 2.05) is 0 Å². The molecule has 0 spiro atoms. The van der Waals surface area contributed by atoms with E-state index in [1.54, 1.807) is 0 Å². The van der Waals surface area contributed by atoms with Gasteiger partial charge in [-0.25, -0.2) is 0 Å². The van der Waals surface area contributed by atoms with Crippen molar-refractivity contribution in [3.63, 3.8) is 0 Å². The Kier molecular flexibility index (Phi) is 7.20. The number of likely N-dealkylation sites (N-methyl/N-ethyl adjacent to an activating group) is 2. The third kappa shape index (κ3) is 5.68. The highest BCUT2D eigenvalue weighted by atomic mass is 15.2. The molecule has 1 aliphatic heterocycles. The number of nitrogens with two attached hydrogens (primary N) is 1. The van der Waals surface area contributed by atoms with Crippen molar-refractivity contribution in [1.82, 2.24) is 9.80 Å². The van der Waals surface area contributed by atoms with Crippen LogP contribution >= 0.6 is 0 Å². The molecule has 1 heterocycles. The molecule has 3 nitrogen and oxygen atoms in total. The fourth-order valence-corrected chi connectivity index (χ4v) is 3.07. The fraction of sp³-hybridized carbons (Fsp3) is 1.00. The lowest BCUT2D eigenvalue weighted by Gasteiger charge is -2.36. The Hall–Kier alpha value is -0.120. The summed E-state index contributed by atoms with van der Waals surface area (Å²) in [6.45, 7) is 9.13. The van der Waals surface area contributed by atoms with Gasteiger partial charge in [0.1, 0.15) is 0 Å². The van der Waals surface area contributed by atoms with E-state index in [4.69, 9.17) is 5.73 Å². The van der Waals surface area contributed by atoms with Crippen molar-refractivity contribution in [2.75, 3.05) is 40.3 Å². The minimum Gasteiger partial charge on any atom is -0.330 e. The van der Waals surface area contributed by atoms with Gasteiger partial charge in [-0.05, 0) is 71.2 Å². The summed E-state index contributed by atoms with van der Waals surface area (Å²) in [5.74, 6) is 1.47. The fourth-order valence-electron chi connectivity index (χ4n) is 3.07. The molecule has 2 N–H and O–H groups in total. The average molecular weight is 255 g/mol. The van der Waals surface area contributed by atoms with Crippen molar-refractivity contribution in [1.29, 1.82) is 0 Å². The molecule has 0 aromatic carbocycles. The molecule has 0 radical (unpaired) electrons.